The first-order valence-electron chi connectivity index (χ1n) is 8.68. The summed E-state index contributed by atoms with van der Waals surface area (Å²) >= 11 is 1.43. The fraction of sp³-hybridized carbons (Fsp3) is 0.238. The molecule has 0 aliphatic rings. The summed E-state index contributed by atoms with van der Waals surface area (Å²) in [6.45, 7) is 7.01. The molecule has 4 nitrogen and oxygen atoms in total. The van der Waals surface area contributed by atoms with Gasteiger partial charge in [0, 0.05) is 23.2 Å². The number of carbonyl (C=O) groups is 1. The Labute approximate surface area is 158 Å². The van der Waals surface area contributed by atoms with Crippen molar-refractivity contribution in [1.82, 2.24) is 4.98 Å². The molecule has 2 aromatic carbocycles. The van der Waals surface area contributed by atoms with Crippen molar-refractivity contribution in [3.8, 4) is 0 Å². The standard InChI is InChI=1S/C21H23N3OS/c1-14(2)18-6-4-5-7-19(18)22-12-16-8-10-17(11-9-16)20(25)24-21-23-15(3)13-26-21/h4-11,13-14,22H,12H2,1-3H3,(H,23,24,25). The third-order valence-corrected chi connectivity index (χ3v) is 5.00. The summed E-state index contributed by atoms with van der Waals surface area (Å²) in [4.78, 5) is 16.5. The minimum Gasteiger partial charge on any atom is -0.381 e. The summed E-state index contributed by atoms with van der Waals surface area (Å²) in [7, 11) is 0. The van der Waals surface area contributed by atoms with Crippen molar-refractivity contribution in [2.24, 2.45) is 0 Å². The third-order valence-electron chi connectivity index (χ3n) is 4.12. The number of benzene rings is 2. The molecule has 0 aliphatic carbocycles. The summed E-state index contributed by atoms with van der Waals surface area (Å²) in [6, 6.07) is 16.0. The van der Waals surface area contributed by atoms with E-state index in [0.29, 0.717) is 16.6 Å². The lowest BCUT2D eigenvalue weighted by Crippen LogP contribution is -2.12. The molecule has 0 aliphatic heterocycles. The molecule has 0 unspecified atom stereocenters. The second kappa shape index (κ2) is 8.15. The largest absolute Gasteiger partial charge is 0.381 e. The zero-order valence-electron chi connectivity index (χ0n) is 15.2. The van der Waals surface area contributed by atoms with E-state index in [4.69, 9.17) is 0 Å². The number of hydrogen-bond acceptors (Lipinski definition) is 4. The quantitative estimate of drug-likeness (QED) is 0.611. The number of nitrogens with one attached hydrogen (secondary N) is 2. The highest BCUT2D eigenvalue weighted by Crippen LogP contribution is 2.24. The van der Waals surface area contributed by atoms with Gasteiger partial charge in [0.15, 0.2) is 5.13 Å². The van der Waals surface area contributed by atoms with E-state index in [-0.39, 0.29) is 5.91 Å². The molecule has 1 heterocycles. The van der Waals surface area contributed by atoms with Gasteiger partial charge in [-0.05, 0) is 42.2 Å². The number of thiazole rings is 1. The van der Waals surface area contributed by atoms with Crippen LogP contribution in [-0.4, -0.2) is 10.9 Å². The van der Waals surface area contributed by atoms with Crippen molar-refractivity contribution in [1.29, 1.82) is 0 Å². The Morgan fingerprint density at radius 3 is 2.50 bits per heavy atom. The molecule has 134 valence electrons. The smallest absolute Gasteiger partial charge is 0.257 e. The molecule has 3 aromatic rings. The van der Waals surface area contributed by atoms with Gasteiger partial charge in [-0.25, -0.2) is 4.98 Å². The molecule has 0 radical (unpaired) electrons. The molecule has 0 fully saturated rings. The van der Waals surface area contributed by atoms with Crippen molar-refractivity contribution in [2.45, 2.75) is 33.2 Å². The molecule has 0 atom stereocenters. The predicted octanol–water partition coefficient (Wildman–Crippen LogP) is 5.44. The topological polar surface area (TPSA) is 54.0 Å². The number of nitrogens with zero attached hydrogens (tertiary/aromatic N) is 1. The van der Waals surface area contributed by atoms with Crippen LogP contribution in [0, 0.1) is 6.92 Å². The molecule has 3 rings (SSSR count). The van der Waals surface area contributed by atoms with Crippen molar-refractivity contribution in [3.05, 3.63) is 76.3 Å². The van der Waals surface area contributed by atoms with Crippen LogP contribution in [0.4, 0.5) is 10.8 Å². The molecule has 0 saturated heterocycles. The van der Waals surface area contributed by atoms with Gasteiger partial charge in [0.25, 0.3) is 5.91 Å². The number of para-hydroxylation sites is 1. The fourth-order valence-corrected chi connectivity index (χ4v) is 3.40. The van der Waals surface area contributed by atoms with Gasteiger partial charge in [0.05, 0.1) is 5.69 Å². The van der Waals surface area contributed by atoms with Crippen LogP contribution in [0.15, 0.2) is 53.9 Å². The van der Waals surface area contributed by atoms with Crippen LogP contribution in [0.3, 0.4) is 0 Å². The maximum absolute atomic E-state index is 12.3. The van der Waals surface area contributed by atoms with E-state index in [2.05, 4.69) is 47.7 Å². The van der Waals surface area contributed by atoms with Crippen molar-refractivity contribution < 1.29 is 4.79 Å². The first kappa shape index (κ1) is 18.1. The number of carbonyl (C=O) groups excluding carboxylic acids is 1. The van der Waals surface area contributed by atoms with Gasteiger partial charge in [0.1, 0.15) is 0 Å². The third kappa shape index (κ3) is 4.49. The van der Waals surface area contributed by atoms with E-state index in [9.17, 15) is 4.79 Å². The van der Waals surface area contributed by atoms with Crippen LogP contribution in [-0.2, 0) is 6.54 Å². The van der Waals surface area contributed by atoms with Crippen LogP contribution in [0.1, 0.15) is 46.9 Å². The Morgan fingerprint density at radius 1 is 1.12 bits per heavy atom. The maximum Gasteiger partial charge on any atom is 0.257 e. The van der Waals surface area contributed by atoms with Crippen molar-refractivity contribution >= 4 is 28.1 Å². The van der Waals surface area contributed by atoms with E-state index < -0.39 is 0 Å². The summed E-state index contributed by atoms with van der Waals surface area (Å²) in [6.07, 6.45) is 0. The monoisotopic (exact) mass is 365 g/mol. The van der Waals surface area contributed by atoms with Crippen LogP contribution < -0.4 is 10.6 Å². The molecule has 26 heavy (non-hydrogen) atoms. The Morgan fingerprint density at radius 2 is 1.85 bits per heavy atom. The van der Waals surface area contributed by atoms with E-state index in [0.717, 1.165) is 23.5 Å². The molecule has 2 N–H and O–H groups in total. The van der Waals surface area contributed by atoms with Crippen LogP contribution >= 0.6 is 11.3 Å². The number of anilines is 2. The molecular formula is C21H23N3OS. The van der Waals surface area contributed by atoms with Crippen LogP contribution in [0.5, 0.6) is 0 Å². The van der Waals surface area contributed by atoms with Gasteiger partial charge in [0.2, 0.25) is 0 Å². The van der Waals surface area contributed by atoms with Crippen molar-refractivity contribution in [2.75, 3.05) is 10.6 Å². The normalized spacial score (nSPS) is 10.8. The zero-order valence-corrected chi connectivity index (χ0v) is 16.1. The predicted molar refractivity (Wildman–Crippen MR) is 109 cm³/mol. The van der Waals surface area contributed by atoms with Gasteiger partial charge < -0.3 is 5.32 Å². The number of amides is 1. The van der Waals surface area contributed by atoms with Gasteiger partial charge in [-0.1, -0.05) is 44.2 Å². The van der Waals surface area contributed by atoms with Gasteiger partial charge >= 0.3 is 0 Å². The van der Waals surface area contributed by atoms with Gasteiger partial charge in [-0.3, -0.25) is 10.1 Å². The zero-order chi connectivity index (χ0) is 18.5. The first-order chi connectivity index (χ1) is 12.5. The average Bonchev–Trinajstić information content (AvgIpc) is 3.05. The summed E-state index contributed by atoms with van der Waals surface area (Å²) in [5, 5.41) is 8.87. The molecule has 5 heteroatoms. The summed E-state index contributed by atoms with van der Waals surface area (Å²) in [5.74, 6) is 0.336. The lowest BCUT2D eigenvalue weighted by atomic mass is 10.0. The average molecular weight is 366 g/mol. The second-order valence-electron chi connectivity index (χ2n) is 6.54. The minimum atomic E-state index is -0.135. The number of hydrogen-bond donors (Lipinski definition) is 2. The minimum absolute atomic E-state index is 0.135. The van der Waals surface area contributed by atoms with Crippen LogP contribution in [0.25, 0.3) is 0 Å². The van der Waals surface area contributed by atoms with Crippen LogP contribution in [0.2, 0.25) is 0 Å². The van der Waals surface area contributed by atoms with Gasteiger partial charge in [-0.15, -0.1) is 11.3 Å². The molecule has 0 spiro atoms. The number of rotatable bonds is 6. The SMILES string of the molecule is Cc1csc(NC(=O)c2ccc(CNc3ccccc3C(C)C)cc2)n1. The van der Waals surface area contributed by atoms with Crippen molar-refractivity contribution in [3.63, 3.8) is 0 Å². The summed E-state index contributed by atoms with van der Waals surface area (Å²) < 4.78 is 0. The van der Waals surface area contributed by atoms with E-state index in [1.54, 1.807) is 0 Å². The summed E-state index contributed by atoms with van der Waals surface area (Å²) in [5.41, 5.74) is 5.13. The lowest BCUT2D eigenvalue weighted by Gasteiger charge is -2.14. The highest BCUT2D eigenvalue weighted by molar-refractivity contribution is 7.13. The van der Waals surface area contributed by atoms with Gasteiger partial charge in [-0.2, -0.15) is 0 Å². The molecule has 0 bridgehead atoms. The maximum atomic E-state index is 12.3. The molecular weight excluding hydrogens is 342 g/mol. The first-order valence-corrected chi connectivity index (χ1v) is 9.56. The lowest BCUT2D eigenvalue weighted by molar-refractivity contribution is 0.102. The molecule has 0 saturated carbocycles. The second-order valence-corrected chi connectivity index (χ2v) is 7.40. The van der Waals surface area contributed by atoms with E-state index >= 15 is 0 Å². The van der Waals surface area contributed by atoms with E-state index in [1.165, 1.54) is 16.9 Å². The molecule has 1 aromatic heterocycles. The highest BCUT2D eigenvalue weighted by atomic mass is 32.1. The Bertz CT molecular complexity index is 884. The molecule has 1 amide bonds. The Kier molecular flexibility index (Phi) is 5.68. The number of aromatic nitrogens is 1. The fourth-order valence-electron chi connectivity index (χ4n) is 2.71. The number of aryl methyl sites for hydroxylation is 1. The Hall–Kier alpha value is -2.66. The highest BCUT2D eigenvalue weighted by Gasteiger charge is 2.09. The van der Waals surface area contributed by atoms with E-state index in [1.807, 2.05) is 42.6 Å². The Balaban J connectivity index is 1.62.